The predicted octanol–water partition coefficient (Wildman–Crippen LogP) is 1.55. The van der Waals surface area contributed by atoms with E-state index in [2.05, 4.69) is 5.10 Å². The van der Waals surface area contributed by atoms with Crippen molar-refractivity contribution in [1.29, 1.82) is 0 Å². The fourth-order valence-corrected chi connectivity index (χ4v) is 1.98. The number of hydrogen-bond acceptors (Lipinski definition) is 3. The Kier molecular flexibility index (Phi) is 2.95. The summed E-state index contributed by atoms with van der Waals surface area (Å²) in [5.41, 5.74) is 0.833. The number of fused-ring (bicyclic) bond motifs is 1. The van der Waals surface area contributed by atoms with Crippen LogP contribution in [0.15, 0.2) is 6.20 Å². The number of nitrogens with zero attached hydrogens (tertiary/aromatic N) is 3. The van der Waals surface area contributed by atoms with Gasteiger partial charge in [-0.25, -0.2) is 4.79 Å². The number of hydrogen-bond donors (Lipinski definition) is 1. The van der Waals surface area contributed by atoms with E-state index in [-0.39, 0.29) is 12.1 Å². The normalized spacial score (nSPS) is 19.3. The molecule has 1 unspecified atom stereocenters. The highest BCUT2D eigenvalue weighted by Crippen LogP contribution is 2.26. The summed E-state index contributed by atoms with van der Waals surface area (Å²) < 4.78 is 7.43. The SMILES string of the molecule is CC(C)Oc1cnn2c1CN(C(=O)O)C(C)C2. The third-order valence-corrected chi connectivity index (χ3v) is 2.81. The molecule has 0 aromatic carbocycles. The first-order valence-electron chi connectivity index (χ1n) is 5.70. The Bertz CT molecular complexity index is 428. The van der Waals surface area contributed by atoms with Crippen LogP contribution in [0.1, 0.15) is 26.5 Å². The van der Waals surface area contributed by atoms with E-state index < -0.39 is 6.09 Å². The molecule has 2 heterocycles. The van der Waals surface area contributed by atoms with Crippen LogP contribution in [-0.2, 0) is 13.1 Å². The molecular formula is C11H17N3O3. The summed E-state index contributed by atoms with van der Waals surface area (Å²) in [5, 5.41) is 13.3. The Morgan fingerprint density at radius 3 is 2.94 bits per heavy atom. The average molecular weight is 239 g/mol. The largest absolute Gasteiger partial charge is 0.487 e. The third-order valence-electron chi connectivity index (χ3n) is 2.81. The number of rotatable bonds is 2. The summed E-state index contributed by atoms with van der Waals surface area (Å²) in [4.78, 5) is 12.5. The lowest BCUT2D eigenvalue weighted by Gasteiger charge is -2.32. The van der Waals surface area contributed by atoms with E-state index in [1.165, 1.54) is 4.90 Å². The Hall–Kier alpha value is -1.72. The van der Waals surface area contributed by atoms with Crippen LogP contribution in [0.2, 0.25) is 0 Å². The number of aromatic nitrogens is 2. The second kappa shape index (κ2) is 4.27. The minimum atomic E-state index is -0.902. The van der Waals surface area contributed by atoms with Gasteiger partial charge in [-0.05, 0) is 20.8 Å². The van der Waals surface area contributed by atoms with Gasteiger partial charge in [0.15, 0.2) is 5.75 Å². The molecule has 6 nitrogen and oxygen atoms in total. The highest BCUT2D eigenvalue weighted by Gasteiger charge is 2.29. The molecule has 0 fully saturated rings. The summed E-state index contributed by atoms with van der Waals surface area (Å²) in [6.45, 7) is 6.65. The van der Waals surface area contributed by atoms with Crippen LogP contribution < -0.4 is 4.74 Å². The molecule has 0 saturated carbocycles. The van der Waals surface area contributed by atoms with Crippen LogP contribution in [0.5, 0.6) is 5.75 Å². The summed E-state index contributed by atoms with van der Waals surface area (Å²) >= 11 is 0. The van der Waals surface area contributed by atoms with Gasteiger partial charge in [-0.2, -0.15) is 5.10 Å². The van der Waals surface area contributed by atoms with Crippen molar-refractivity contribution in [2.75, 3.05) is 0 Å². The summed E-state index contributed by atoms with van der Waals surface area (Å²) in [6, 6.07) is -0.0631. The number of carboxylic acid groups (broad SMARTS) is 1. The van der Waals surface area contributed by atoms with E-state index in [4.69, 9.17) is 9.84 Å². The van der Waals surface area contributed by atoms with Gasteiger partial charge in [0, 0.05) is 0 Å². The van der Waals surface area contributed by atoms with Gasteiger partial charge in [-0.1, -0.05) is 0 Å². The topological polar surface area (TPSA) is 67.6 Å². The molecule has 1 N–H and O–H groups in total. The van der Waals surface area contributed by atoms with Crippen molar-refractivity contribution in [3.8, 4) is 5.75 Å². The summed E-state index contributed by atoms with van der Waals surface area (Å²) in [5.74, 6) is 0.679. The lowest BCUT2D eigenvalue weighted by molar-refractivity contribution is 0.103. The quantitative estimate of drug-likeness (QED) is 0.850. The van der Waals surface area contributed by atoms with Crippen molar-refractivity contribution in [2.24, 2.45) is 0 Å². The minimum Gasteiger partial charge on any atom is -0.487 e. The standard InChI is InChI=1S/C11H17N3O3/c1-7(2)17-10-4-12-14-5-8(3)13(11(15)16)6-9(10)14/h4,7-8H,5-6H2,1-3H3,(H,15,16). The molecule has 0 bridgehead atoms. The van der Waals surface area contributed by atoms with Crippen LogP contribution in [0.4, 0.5) is 4.79 Å². The minimum absolute atomic E-state index is 0.0570. The van der Waals surface area contributed by atoms with E-state index in [1.807, 2.05) is 25.5 Å². The van der Waals surface area contributed by atoms with Crippen LogP contribution in [0, 0.1) is 0 Å². The van der Waals surface area contributed by atoms with E-state index in [0.29, 0.717) is 18.8 Å². The smallest absolute Gasteiger partial charge is 0.407 e. The Balaban J connectivity index is 2.26. The van der Waals surface area contributed by atoms with Crippen molar-refractivity contribution in [3.63, 3.8) is 0 Å². The van der Waals surface area contributed by atoms with Gasteiger partial charge < -0.3 is 9.84 Å². The van der Waals surface area contributed by atoms with E-state index in [1.54, 1.807) is 6.20 Å². The van der Waals surface area contributed by atoms with Gasteiger partial charge in [-0.15, -0.1) is 0 Å². The molecule has 1 amide bonds. The molecule has 17 heavy (non-hydrogen) atoms. The van der Waals surface area contributed by atoms with Crippen molar-refractivity contribution in [1.82, 2.24) is 14.7 Å². The molecule has 94 valence electrons. The van der Waals surface area contributed by atoms with E-state index >= 15 is 0 Å². The summed E-state index contributed by atoms with van der Waals surface area (Å²) in [6.07, 6.45) is 0.815. The molecule has 0 aliphatic carbocycles. The molecule has 0 spiro atoms. The van der Waals surface area contributed by atoms with Gasteiger partial charge >= 0.3 is 6.09 Å². The van der Waals surface area contributed by atoms with Gasteiger partial charge in [0.25, 0.3) is 0 Å². The Labute approximate surface area is 99.8 Å². The molecule has 2 rings (SSSR count). The average Bonchev–Trinajstić information content (AvgIpc) is 2.58. The molecule has 1 atom stereocenters. The highest BCUT2D eigenvalue weighted by atomic mass is 16.5. The van der Waals surface area contributed by atoms with Crippen molar-refractivity contribution in [3.05, 3.63) is 11.9 Å². The number of ether oxygens (including phenoxy) is 1. The maximum Gasteiger partial charge on any atom is 0.407 e. The van der Waals surface area contributed by atoms with Gasteiger partial charge in [0.05, 0.1) is 31.4 Å². The highest BCUT2D eigenvalue weighted by molar-refractivity contribution is 5.65. The van der Waals surface area contributed by atoms with Crippen LogP contribution in [0.3, 0.4) is 0 Å². The fraction of sp³-hybridized carbons (Fsp3) is 0.636. The van der Waals surface area contributed by atoms with Crippen LogP contribution in [-0.4, -0.2) is 38.0 Å². The number of carbonyl (C=O) groups is 1. The van der Waals surface area contributed by atoms with Crippen molar-refractivity contribution >= 4 is 6.09 Å². The third kappa shape index (κ3) is 2.20. The maximum absolute atomic E-state index is 11.1. The zero-order chi connectivity index (χ0) is 12.6. The molecule has 1 aliphatic heterocycles. The van der Waals surface area contributed by atoms with Crippen molar-refractivity contribution < 1.29 is 14.6 Å². The first kappa shape index (κ1) is 11.8. The zero-order valence-electron chi connectivity index (χ0n) is 10.3. The molecule has 1 aromatic heterocycles. The molecular weight excluding hydrogens is 222 g/mol. The molecule has 1 aromatic rings. The lowest BCUT2D eigenvalue weighted by Crippen LogP contribution is -2.44. The van der Waals surface area contributed by atoms with Gasteiger partial charge in [0.1, 0.15) is 5.69 Å². The van der Waals surface area contributed by atoms with Crippen molar-refractivity contribution in [2.45, 2.75) is 46.0 Å². The van der Waals surface area contributed by atoms with E-state index in [0.717, 1.165) is 5.69 Å². The van der Waals surface area contributed by atoms with Gasteiger partial charge in [0.2, 0.25) is 0 Å². The first-order chi connectivity index (χ1) is 7.99. The molecule has 0 saturated heterocycles. The zero-order valence-corrected chi connectivity index (χ0v) is 10.3. The monoisotopic (exact) mass is 239 g/mol. The van der Waals surface area contributed by atoms with Gasteiger partial charge in [-0.3, -0.25) is 9.58 Å². The first-order valence-corrected chi connectivity index (χ1v) is 5.70. The Morgan fingerprint density at radius 2 is 2.35 bits per heavy atom. The van der Waals surface area contributed by atoms with Crippen LogP contribution >= 0.6 is 0 Å². The Morgan fingerprint density at radius 1 is 1.65 bits per heavy atom. The second-order valence-corrected chi connectivity index (χ2v) is 4.56. The van der Waals surface area contributed by atoms with E-state index in [9.17, 15) is 4.79 Å². The van der Waals surface area contributed by atoms with Crippen LogP contribution in [0.25, 0.3) is 0 Å². The second-order valence-electron chi connectivity index (χ2n) is 4.56. The predicted molar refractivity (Wildman–Crippen MR) is 61.0 cm³/mol. The maximum atomic E-state index is 11.1. The molecule has 1 aliphatic rings. The molecule has 6 heteroatoms. The molecule has 0 radical (unpaired) electrons. The fourth-order valence-electron chi connectivity index (χ4n) is 1.98. The summed E-state index contributed by atoms with van der Waals surface area (Å²) in [7, 11) is 0. The lowest BCUT2D eigenvalue weighted by atomic mass is 10.2. The number of amides is 1.